The SMILES string of the molecule is Cc1ccc(C(=O)N2CC[C@@H](N3CCOCC3)C[C@H]2C(=O)O)cc1. The standard InChI is InChI=1S/C18H24N2O4/c1-13-2-4-14(5-3-13)17(21)20-7-6-15(12-16(20)18(22)23)19-8-10-24-11-9-19/h2-5,15-16H,6-12H2,1H3,(H,22,23)/t15-,16+/m1/s1. The molecule has 2 heterocycles. The highest BCUT2D eigenvalue weighted by Crippen LogP contribution is 2.25. The second-order valence-electron chi connectivity index (χ2n) is 6.55. The van der Waals surface area contributed by atoms with Gasteiger partial charge in [0.1, 0.15) is 6.04 Å². The first-order valence-corrected chi connectivity index (χ1v) is 8.48. The number of nitrogens with zero attached hydrogens (tertiary/aromatic N) is 2. The number of amides is 1. The fourth-order valence-corrected chi connectivity index (χ4v) is 3.56. The van der Waals surface area contributed by atoms with Gasteiger partial charge in [-0.1, -0.05) is 17.7 Å². The minimum atomic E-state index is -0.923. The lowest BCUT2D eigenvalue weighted by atomic mass is 9.94. The van der Waals surface area contributed by atoms with Crippen molar-refractivity contribution in [2.24, 2.45) is 0 Å². The lowest BCUT2D eigenvalue weighted by Crippen LogP contribution is -2.56. The molecule has 1 N–H and O–H groups in total. The van der Waals surface area contributed by atoms with Crippen molar-refractivity contribution in [3.05, 3.63) is 35.4 Å². The molecule has 130 valence electrons. The monoisotopic (exact) mass is 332 g/mol. The number of aliphatic carboxylic acids is 1. The summed E-state index contributed by atoms with van der Waals surface area (Å²) < 4.78 is 5.37. The van der Waals surface area contributed by atoms with E-state index in [1.807, 2.05) is 19.1 Å². The molecule has 2 fully saturated rings. The van der Waals surface area contributed by atoms with Crippen molar-refractivity contribution in [1.29, 1.82) is 0 Å². The number of morpholine rings is 1. The van der Waals surface area contributed by atoms with Gasteiger partial charge < -0.3 is 14.7 Å². The Hall–Kier alpha value is -1.92. The summed E-state index contributed by atoms with van der Waals surface area (Å²) in [5.41, 5.74) is 1.63. The van der Waals surface area contributed by atoms with Crippen molar-refractivity contribution in [2.75, 3.05) is 32.8 Å². The number of aryl methyl sites for hydroxylation is 1. The lowest BCUT2D eigenvalue weighted by Gasteiger charge is -2.43. The number of benzene rings is 1. The van der Waals surface area contributed by atoms with Crippen LogP contribution in [0, 0.1) is 6.92 Å². The molecule has 1 aromatic carbocycles. The maximum atomic E-state index is 12.7. The number of ether oxygens (including phenoxy) is 1. The zero-order chi connectivity index (χ0) is 17.1. The van der Waals surface area contributed by atoms with E-state index in [0.717, 1.165) is 25.1 Å². The van der Waals surface area contributed by atoms with E-state index < -0.39 is 12.0 Å². The van der Waals surface area contributed by atoms with Crippen molar-refractivity contribution in [3.63, 3.8) is 0 Å². The van der Waals surface area contributed by atoms with E-state index in [9.17, 15) is 14.7 Å². The molecule has 3 rings (SSSR count). The highest BCUT2D eigenvalue weighted by Gasteiger charge is 2.38. The Kier molecular flexibility index (Phi) is 5.16. The average Bonchev–Trinajstić information content (AvgIpc) is 2.62. The van der Waals surface area contributed by atoms with E-state index in [1.54, 1.807) is 12.1 Å². The molecular formula is C18H24N2O4. The largest absolute Gasteiger partial charge is 0.480 e. The van der Waals surface area contributed by atoms with Crippen molar-refractivity contribution >= 4 is 11.9 Å². The second-order valence-corrected chi connectivity index (χ2v) is 6.55. The normalized spacial score (nSPS) is 25.5. The van der Waals surface area contributed by atoms with Gasteiger partial charge in [0.15, 0.2) is 0 Å². The van der Waals surface area contributed by atoms with Crippen LogP contribution in [0.5, 0.6) is 0 Å². The number of likely N-dealkylation sites (tertiary alicyclic amines) is 1. The van der Waals surface area contributed by atoms with Gasteiger partial charge >= 0.3 is 5.97 Å². The van der Waals surface area contributed by atoms with Crippen molar-refractivity contribution in [2.45, 2.75) is 31.8 Å². The van der Waals surface area contributed by atoms with Gasteiger partial charge in [0.2, 0.25) is 0 Å². The Balaban J connectivity index is 1.72. The van der Waals surface area contributed by atoms with Crippen LogP contribution in [0.15, 0.2) is 24.3 Å². The van der Waals surface area contributed by atoms with Gasteiger partial charge in [-0.3, -0.25) is 9.69 Å². The third-order valence-electron chi connectivity index (χ3n) is 4.98. The summed E-state index contributed by atoms with van der Waals surface area (Å²) in [6.07, 6.45) is 1.29. The Morgan fingerprint density at radius 3 is 2.42 bits per heavy atom. The molecule has 0 radical (unpaired) electrons. The van der Waals surface area contributed by atoms with E-state index in [2.05, 4.69) is 4.90 Å². The number of carbonyl (C=O) groups is 2. The molecule has 2 aliphatic rings. The molecule has 1 aromatic rings. The number of carboxylic acid groups (broad SMARTS) is 1. The fraction of sp³-hybridized carbons (Fsp3) is 0.556. The van der Waals surface area contributed by atoms with Gasteiger partial charge in [-0.2, -0.15) is 0 Å². The molecule has 0 bridgehead atoms. The zero-order valence-electron chi connectivity index (χ0n) is 14.0. The second kappa shape index (κ2) is 7.32. The molecule has 2 atom stereocenters. The number of carboxylic acids is 1. The van der Waals surface area contributed by atoms with Crippen LogP contribution in [0.1, 0.15) is 28.8 Å². The smallest absolute Gasteiger partial charge is 0.326 e. The summed E-state index contributed by atoms with van der Waals surface area (Å²) in [5, 5.41) is 9.63. The van der Waals surface area contributed by atoms with Crippen LogP contribution < -0.4 is 0 Å². The first kappa shape index (κ1) is 16.9. The minimum absolute atomic E-state index is 0.192. The summed E-state index contributed by atoms with van der Waals surface area (Å²) in [6.45, 7) is 5.50. The Bertz CT molecular complexity index is 596. The maximum Gasteiger partial charge on any atom is 0.326 e. The predicted molar refractivity (Wildman–Crippen MR) is 89.1 cm³/mol. The van der Waals surface area contributed by atoms with E-state index in [0.29, 0.717) is 31.7 Å². The Morgan fingerprint density at radius 1 is 1.12 bits per heavy atom. The summed E-state index contributed by atoms with van der Waals surface area (Å²) in [5.74, 6) is -1.11. The molecule has 2 saturated heterocycles. The molecule has 0 saturated carbocycles. The zero-order valence-corrected chi connectivity index (χ0v) is 14.0. The summed E-state index contributed by atoms with van der Waals surface area (Å²) in [6, 6.07) is 6.74. The Labute approximate surface area is 142 Å². The van der Waals surface area contributed by atoms with Crippen LogP contribution in [0.4, 0.5) is 0 Å². The van der Waals surface area contributed by atoms with E-state index in [4.69, 9.17) is 4.74 Å². The highest BCUT2D eigenvalue weighted by molar-refractivity contribution is 5.96. The van der Waals surface area contributed by atoms with E-state index in [-0.39, 0.29) is 11.9 Å². The molecular weight excluding hydrogens is 308 g/mol. The minimum Gasteiger partial charge on any atom is -0.480 e. The van der Waals surface area contributed by atoms with Crippen LogP contribution in [0.3, 0.4) is 0 Å². The number of carbonyl (C=O) groups excluding carboxylic acids is 1. The lowest BCUT2D eigenvalue weighted by molar-refractivity contribution is -0.144. The van der Waals surface area contributed by atoms with Gasteiger partial charge in [0, 0.05) is 31.2 Å². The average molecular weight is 332 g/mol. The van der Waals surface area contributed by atoms with Gasteiger partial charge in [-0.15, -0.1) is 0 Å². The highest BCUT2D eigenvalue weighted by atomic mass is 16.5. The molecule has 0 aromatic heterocycles. The molecule has 6 heteroatoms. The van der Waals surface area contributed by atoms with Gasteiger partial charge in [-0.25, -0.2) is 4.79 Å². The van der Waals surface area contributed by atoms with Crippen LogP contribution in [-0.4, -0.2) is 71.7 Å². The first-order chi connectivity index (χ1) is 11.6. The number of hydrogen-bond donors (Lipinski definition) is 1. The summed E-state index contributed by atoms with van der Waals surface area (Å²) >= 11 is 0. The predicted octanol–water partition coefficient (Wildman–Crippen LogP) is 1.39. The van der Waals surface area contributed by atoms with Gasteiger partial charge in [0.25, 0.3) is 5.91 Å². The van der Waals surface area contributed by atoms with Crippen LogP contribution in [0.2, 0.25) is 0 Å². The van der Waals surface area contributed by atoms with Crippen molar-refractivity contribution in [1.82, 2.24) is 9.80 Å². The Morgan fingerprint density at radius 2 is 1.79 bits per heavy atom. The van der Waals surface area contributed by atoms with Crippen LogP contribution in [0.25, 0.3) is 0 Å². The molecule has 0 aliphatic carbocycles. The number of piperidine rings is 1. The van der Waals surface area contributed by atoms with E-state index in [1.165, 1.54) is 4.90 Å². The van der Waals surface area contributed by atoms with Crippen LogP contribution in [-0.2, 0) is 9.53 Å². The third kappa shape index (κ3) is 3.60. The molecule has 0 unspecified atom stereocenters. The molecule has 24 heavy (non-hydrogen) atoms. The quantitative estimate of drug-likeness (QED) is 0.906. The molecule has 2 aliphatic heterocycles. The van der Waals surface area contributed by atoms with Crippen molar-refractivity contribution < 1.29 is 19.4 Å². The van der Waals surface area contributed by atoms with Crippen LogP contribution >= 0.6 is 0 Å². The van der Waals surface area contributed by atoms with Gasteiger partial charge in [-0.05, 0) is 31.9 Å². The fourth-order valence-electron chi connectivity index (χ4n) is 3.56. The maximum absolute atomic E-state index is 12.7. The summed E-state index contributed by atoms with van der Waals surface area (Å²) in [7, 11) is 0. The first-order valence-electron chi connectivity index (χ1n) is 8.48. The number of rotatable bonds is 3. The third-order valence-corrected chi connectivity index (χ3v) is 4.98. The van der Waals surface area contributed by atoms with E-state index >= 15 is 0 Å². The number of hydrogen-bond acceptors (Lipinski definition) is 4. The summed E-state index contributed by atoms with van der Waals surface area (Å²) in [4.78, 5) is 28.3. The molecule has 0 spiro atoms. The molecule has 6 nitrogen and oxygen atoms in total. The van der Waals surface area contributed by atoms with Gasteiger partial charge in [0.05, 0.1) is 13.2 Å². The molecule has 1 amide bonds. The van der Waals surface area contributed by atoms with Crippen molar-refractivity contribution in [3.8, 4) is 0 Å². The topological polar surface area (TPSA) is 70.1 Å².